The standard InChI is InChI=1S/C7H13N3O2S2/c1-2-14(11,12)4-3-9-7-5-6(8)10-13-7/h5,9H,2-4H2,1H3,(H2,8,10). The van der Waals surface area contributed by atoms with Crippen molar-refractivity contribution in [2.75, 3.05) is 29.1 Å². The largest absolute Gasteiger partial charge is 0.383 e. The maximum Gasteiger partial charge on any atom is 0.151 e. The molecule has 1 aromatic heterocycles. The molecule has 0 saturated heterocycles. The van der Waals surface area contributed by atoms with E-state index in [4.69, 9.17) is 5.73 Å². The van der Waals surface area contributed by atoms with Crippen LogP contribution in [0.2, 0.25) is 0 Å². The number of nitrogen functional groups attached to an aromatic ring is 1. The van der Waals surface area contributed by atoms with E-state index in [-0.39, 0.29) is 11.5 Å². The van der Waals surface area contributed by atoms with Crippen LogP contribution in [0.4, 0.5) is 10.8 Å². The zero-order chi connectivity index (χ0) is 10.6. The molecule has 0 amide bonds. The lowest BCUT2D eigenvalue weighted by Gasteiger charge is -2.02. The summed E-state index contributed by atoms with van der Waals surface area (Å²) in [5.41, 5.74) is 5.40. The molecule has 0 radical (unpaired) electrons. The third-order valence-electron chi connectivity index (χ3n) is 1.68. The van der Waals surface area contributed by atoms with Gasteiger partial charge in [0.25, 0.3) is 0 Å². The molecule has 3 N–H and O–H groups in total. The molecule has 1 heterocycles. The quantitative estimate of drug-likeness (QED) is 0.779. The van der Waals surface area contributed by atoms with Gasteiger partial charge in [-0.1, -0.05) is 6.92 Å². The van der Waals surface area contributed by atoms with E-state index in [0.717, 1.165) is 5.00 Å². The minimum Gasteiger partial charge on any atom is -0.383 e. The first kappa shape index (κ1) is 11.3. The van der Waals surface area contributed by atoms with E-state index < -0.39 is 9.84 Å². The Hall–Kier alpha value is -0.820. The van der Waals surface area contributed by atoms with Crippen LogP contribution < -0.4 is 11.1 Å². The fourth-order valence-electron chi connectivity index (χ4n) is 0.846. The fourth-order valence-corrected chi connectivity index (χ4v) is 2.14. The molecular weight excluding hydrogens is 222 g/mol. The number of sulfone groups is 1. The van der Waals surface area contributed by atoms with Crippen LogP contribution in [-0.4, -0.2) is 30.8 Å². The number of nitrogens with zero attached hydrogens (tertiary/aromatic N) is 1. The van der Waals surface area contributed by atoms with Crippen molar-refractivity contribution >= 4 is 32.2 Å². The Labute approximate surface area is 87.4 Å². The van der Waals surface area contributed by atoms with Gasteiger partial charge in [0.05, 0.1) is 5.75 Å². The first-order valence-corrected chi connectivity index (χ1v) is 6.79. The summed E-state index contributed by atoms with van der Waals surface area (Å²) < 4.78 is 26.1. The number of nitrogens with two attached hydrogens (primary N) is 1. The number of hydrogen-bond donors (Lipinski definition) is 2. The number of hydrogen-bond acceptors (Lipinski definition) is 6. The Balaban J connectivity index is 2.36. The van der Waals surface area contributed by atoms with Gasteiger partial charge in [-0.15, -0.1) is 0 Å². The zero-order valence-electron chi connectivity index (χ0n) is 7.86. The molecule has 0 aliphatic rings. The van der Waals surface area contributed by atoms with E-state index in [1.54, 1.807) is 13.0 Å². The Morgan fingerprint density at radius 3 is 2.86 bits per heavy atom. The molecule has 14 heavy (non-hydrogen) atoms. The Morgan fingerprint density at radius 1 is 1.64 bits per heavy atom. The number of anilines is 2. The molecule has 0 fully saturated rings. The van der Waals surface area contributed by atoms with Gasteiger partial charge in [-0.05, 0) is 11.5 Å². The lowest BCUT2D eigenvalue weighted by molar-refractivity contribution is 0.597. The van der Waals surface area contributed by atoms with Gasteiger partial charge in [0.2, 0.25) is 0 Å². The highest BCUT2D eigenvalue weighted by atomic mass is 32.2. The fraction of sp³-hybridized carbons (Fsp3) is 0.571. The third kappa shape index (κ3) is 3.51. The molecule has 5 nitrogen and oxygen atoms in total. The van der Waals surface area contributed by atoms with Gasteiger partial charge in [0.15, 0.2) is 9.84 Å². The highest BCUT2D eigenvalue weighted by Gasteiger charge is 2.06. The first-order chi connectivity index (χ1) is 6.53. The molecule has 0 bridgehead atoms. The van der Waals surface area contributed by atoms with Crippen LogP contribution in [0.5, 0.6) is 0 Å². The first-order valence-electron chi connectivity index (χ1n) is 4.20. The SMILES string of the molecule is CCS(=O)(=O)CCNc1cc(N)ns1. The van der Waals surface area contributed by atoms with Crippen molar-refractivity contribution in [3.05, 3.63) is 6.07 Å². The second-order valence-electron chi connectivity index (χ2n) is 2.78. The van der Waals surface area contributed by atoms with E-state index in [1.807, 2.05) is 0 Å². The monoisotopic (exact) mass is 235 g/mol. The number of aromatic nitrogens is 1. The van der Waals surface area contributed by atoms with Crippen LogP contribution >= 0.6 is 11.5 Å². The molecule has 1 rings (SSSR count). The molecule has 0 aliphatic heterocycles. The minimum absolute atomic E-state index is 0.140. The van der Waals surface area contributed by atoms with Crippen molar-refractivity contribution in [1.29, 1.82) is 0 Å². The van der Waals surface area contributed by atoms with Crippen molar-refractivity contribution < 1.29 is 8.42 Å². The van der Waals surface area contributed by atoms with Gasteiger partial charge in [-0.3, -0.25) is 0 Å². The molecule has 7 heteroatoms. The lowest BCUT2D eigenvalue weighted by atomic mass is 10.6. The van der Waals surface area contributed by atoms with E-state index in [0.29, 0.717) is 12.4 Å². The number of nitrogens with one attached hydrogen (secondary N) is 1. The van der Waals surface area contributed by atoms with Gasteiger partial charge in [0.1, 0.15) is 10.8 Å². The third-order valence-corrected chi connectivity index (χ3v) is 4.15. The smallest absolute Gasteiger partial charge is 0.151 e. The molecule has 80 valence electrons. The average Bonchev–Trinajstić information content (AvgIpc) is 2.51. The van der Waals surface area contributed by atoms with Crippen LogP contribution in [-0.2, 0) is 9.84 Å². The maximum atomic E-state index is 11.1. The molecule has 0 aliphatic carbocycles. The summed E-state index contributed by atoms with van der Waals surface area (Å²) in [5.74, 6) is 0.775. The predicted molar refractivity (Wildman–Crippen MR) is 59.3 cm³/mol. The van der Waals surface area contributed by atoms with E-state index in [9.17, 15) is 8.42 Å². The van der Waals surface area contributed by atoms with Gasteiger partial charge in [0, 0.05) is 18.4 Å². The molecule has 0 unspecified atom stereocenters. The summed E-state index contributed by atoms with van der Waals surface area (Å²) in [4.78, 5) is 0. The summed E-state index contributed by atoms with van der Waals surface area (Å²) in [7, 11) is -2.89. The Morgan fingerprint density at radius 2 is 2.36 bits per heavy atom. The van der Waals surface area contributed by atoms with Crippen LogP contribution in [0.1, 0.15) is 6.92 Å². The normalized spacial score (nSPS) is 11.5. The second-order valence-corrected chi connectivity index (χ2v) is 6.06. The van der Waals surface area contributed by atoms with Crippen molar-refractivity contribution in [2.45, 2.75) is 6.92 Å². The van der Waals surface area contributed by atoms with E-state index >= 15 is 0 Å². The van der Waals surface area contributed by atoms with Crippen LogP contribution in [0.3, 0.4) is 0 Å². The van der Waals surface area contributed by atoms with Crippen molar-refractivity contribution in [1.82, 2.24) is 4.37 Å². The maximum absolute atomic E-state index is 11.1. The molecule has 0 spiro atoms. The topological polar surface area (TPSA) is 85.1 Å². The van der Waals surface area contributed by atoms with Gasteiger partial charge in [-0.2, -0.15) is 4.37 Å². The molecular formula is C7H13N3O2S2. The highest BCUT2D eigenvalue weighted by Crippen LogP contribution is 2.16. The molecule has 0 atom stereocenters. The highest BCUT2D eigenvalue weighted by molar-refractivity contribution is 7.91. The zero-order valence-corrected chi connectivity index (χ0v) is 9.49. The predicted octanol–water partition coefficient (Wildman–Crippen LogP) is 0.572. The van der Waals surface area contributed by atoms with E-state index in [2.05, 4.69) is 9.69 Å². The molecule has 0 saturated carbocycles. The number of rotatable bonds is 5. The van der Waals surface area contributed by atoms with Crippen molar-refractivity contribution in [3.63, 3.8) is 0 Å². The van der Waals surface area contributed by atoms with Gasteiger partial charge in [-0.25, -0.2) is 8.42 Å². The lowest BCUT2D eigenvalue weighted by Crippen LogP contribution is -2.16. The Kier molecular flexibility index (Phi) is 3.70. The van der Waals surface area contributed by atoms with Crippen LogP contribution in [0, 0.1) is 0 Å². The van der Waals surface area contributed by atoms with Crippen LogP contribution in [0.15, 0.2) is 6.07 Å². The van der Waals surface area contributed by atoms with Crippen molar-refractivity contribution in [3.8, 4) is 0 Å². The van der Waals surface area contributed by atoms with Gasteiger partial charge >= 0.3 is 0 Å². The average molecular weight is 235 g/mol. The van der Waals surface area contributed by atoms with E-state index in [1.165, 1.54) is 11.5 Å². The second kappa shape index (κ2) is 4.61. The Bertz CT molecular complexity index is 385. The summed E-state index contributed by atoms with van der Waals surface area (Å²) >= 11 is 1.23. The molecule has 1 aromatic rings. The summed E-state index contributed by atoms with van der Waals surface area (Å²) in [6, 6.07) is 1.68. The minimum atomic E-state index is -2.89. The summed E-state index contributed by atoms with van der Waals surface area (Å²) in [6.07, 6.45) is 0. The summed E-state index contributed by atoms with van der Waals surface area (Å²) in [5, 5.41) is 3.75. The molecule has 0 aromatic carbocycles. The van der Waals surface area contributed by atoms with Gasteiger partial charge < -0.3 is 11.1 Å². The van der Waals surface area contributed by atoms with Crippen molar-refractivity contribution in [2.24, 2.45) is 0 Å². The summed E-state index contributed by atoms with van der Waals surface area (Å²) in [6.45, 7) is 2.04. The van der Waals surface area contributed by atoms with Crippen LogP contribution in [0.25, 0.3) is 0 Å².